The summed E-state index contributed by atoms with van der Waals surface area (Å²) in [5.74, 6) is -0.277. The summed E-state index contributed by atoms with van der Waals surface area (Å²) in [7, 11) is 0. The highest BCUT2D eigenvalue weighted by Gasteiger charge is 2.28. The van der Waals surface area contributed by atoms with Gasteiger partial charge in [0.05, 0.1) is 17.1 Å². The number of amides is 1. The number of likely N-dealkylation sites (tertiary alicyclic amines) is 1. The average molecular weight is 302 g/mol. The number of hydrogen-bond acceptors (Lipinski definition) is 5. The van der Waals surface area contributed by atoms with Crippen molar-refractivity contribution in [2.24, 2.45) is 5.28 Å². The number of rotatable bonds is 5. The van der Waals surface area contributed by atoms with Crippen molar-refractivity contribution in [2.45, 2.75) is 52.2 Å². The molecule has 0 radical (unpaired) electrons. The van der Waals surface area contributed by atoms with Gasteiger partial charge < -0.3 is 20.1 Å². The molecule has 1 amide bonds. The number of carbonyl (C=O) groups is 1. The SMILES string of the molecule is CCN(/[N+]([O-])=N\OC1CCN(C(=O)CO)CC1)C(C)(C)C. The zero-order chi connectivity index (χ0) is 16.0. The Labute approximate surface area is 125 Å². The minimum Gasteiger partial charge on any atom is -0.569 e. The van der Waals surface area contributed by atoms with E-state index in [2.05, 4.69) is 5.28 Å². The first-order valence-electron chi connectivity index (χ1n) is 7.29. The van der Waals surface area contributed by atoms with Gasteiger partial charge in [-0.1, -0.05) is 0 Å². The Morgan fingerprint density at radius 2 is 2.05 bits per heavy atom. The molecule has 0 aromatic heterocycles. The molecule has 1 N–H and O–H groups in total. The Balaban J connectivity index is 2.49. The van der Waals surface area contributed by atoms with Crippen LogP contribution in [0.2, 0.25) is 0 Å². The van der Waals surface area contributed by atoms with Gasteiger partial charge in [-0.3, -0.25) is 4.79 Å². The summed E-state index contributed by atoms with van der Waals surface area (Å²) in [6, 6.07) is 0. The van der Waals surface area contributed by atoms with E-state index in [0.29, 0.717) is 37.4 Å². The summed E-state index contributed by atoms with van der Waals surface area (Å²) < 4.78 is 0. The highest BCUT2D eigenvalue weighted by molar-refractivity contribution is 5.77. The number of carbonyl (C=O) groups excluding carboxylic acids is 1. The number of nitrogens with zero attached hydrogens (tertiary/aromatic N) is 4. The van der Waals surface area contributed by atoms with Crippen LogP contribution in [0, 0.1) is 5.21 Å². The van der Waals surface area contributed by atoms with Crippen LogP contribution in [0.4, 0.5) is 0 Å². The van der Waals surface area contributed by atoms with E-state index in [4.69, 9.17) is 9.94 Å². The van der Waals surface area contributed by atoms with Gasteiger partial charge in [-0.2, -0.15) is 0 Å². The van der Waals surface area contributed by atoms with Crippen LogP contribution in [-0.4, -0.2) is 63.8 Å². The molecule has 122 valence electrons. The second-order valence-electron chi connectivity index (χ2n) is 6.06. The lowest BCUT2D eigenvalue weighted by atomic mass is 10.1. The van der Waals surface area contributed by atoms with Crippen LogP contribution >= 0.6 is 0 Å². The molecule has 21 heavy (non-hydrogen) atoms. The summed E-state index contributed by atoms with van der Waals surface area (Å²) in [6.07, 6.45) is 1.03. The van der Waals surface area contributed by atoms with Crippen LogP contribution in [0.15, 0.2) is 5.28 Å². The summed E-state index contributed by atoms with van der Waals surface area (Å²) in [6.45, 7) is 8.74. The van der Waals surface area contributed by atoms with Gasteiger partial charge in [-0.05, 0) is 27.7 Å². The quantitative estimate of drug-likeness (QED) is 0.463. The zero-order valence-corrected chi connectivity index (χ0v) is 13.3. The van der Waals surface area contributed by atoms with Gasteiger partial charge in [-0.25, -0.2) is 0 Å². The Hall–Kier alpha value is -1.57. The second kappa shape index (κ2) is 7.44. The maximum Gasteiger partial charge on any atom is 0.248 e. The molecule has 0 atom stereocenters. The van der Waals surface area contributed by atoms with Gasteiger partial charge in [0.25, 0.3) is 0 Å². The fraction of sp³-hybridized carbons (Fsp3) is 0.923. The monoisotopic (exact) mass is 302 g/mol. The van der Waals surface area contributed by atoms with Crippen LogP contribution in [0.25, 0.3) is 0 Å². The predicted octanol–water partition coefficient (Wildman–Crippen LogP) is 0.899. The van der Waals surface area contributed by atoms with Crippen molar-refractivity contribution in [3.63, 3.8) is 0 Å². The number of hydrogen-bond donors (Lipinski definition) is 1. The molecule has 1 rings (SSSR count). The lowest BCUT2D eigenvalue weighted by Crippen LogP contribution is -2.46. The summed E-state index contributed by atoms with van der Waals surface area (Å²) in [4.78, 5) is 18.7. The molecule has 1 fully saturated rings. The van der Waals surface area contributed by atoms with E-state index in [-0.39, 0.29) is 17.6 Å². The van der Waals surface area contributed by atoms with Crippen molar-refractivity contribution in [3.05, 3.63) is 5.21 Å². The molecule has 0 saturated carbocycles. The first-order valence-corrected chi connectivity index (χ1v) is 7.29. The molecule has 8 heteroatoms. The van der Waals surface area contributed by atoms with Crippen LogP contribution in [0.1, 0.15) is 40.5 Å². The van der Waals surface area contributed by atoms with Crippen LogP contribution < -0.4 is 0 Å². The van der Waals surface area contributed by atoms with Gasteiger partial charge in [-0.15, -0.1) is 5.01 Å². The molecule has 0 unspecified atom stereocenters. The van der Waals surface area contributed by atoms with E-state index < -0.39 is 6.61 Å². The summed E-state index contributed by atoms with van der Waals surface area (Å²) in [5, 5.41) is 25.9. The number of aliphatic hydroxyl groups is 1. The Kier molecular flexibility index (Phi) is 6.19. The third kappa shape index (κ3) is 5.04. The van der Waals surface area contributed by atoms with Gasteiger partial charge >= 0.3 is 0 Å². The smallest absolute Gasteiger partial charge is 0.248 e. The fourth-order valence-corrected chi connectivity index (χ4v) is 2.31. The minimum atomic E-state index is -0.471. The van der Waals surface area contributed by atoms with Crippen molar-refractivity contribution in [1.82, 2.24) is 9.91 Å². The maximum atomic E-state index is 11.9. The van der Waals surface area contributed by atoms with Gasteiger partial charge in [0.1, 0.15) is 12.7 Å². The van der Waals surface area contributed by atoms with E-state index in [0.717, 1.165) is 0 Å². The minimum absolute atomic E-state index is 0.178. The third-order valence-corrected chi connectivity index (χ3v) is 3.48. The Bertz CT molecular complexity index is 373. The Morgan fingerprint density at radius 1 is 1.48 bits per heavy atom. The second-order valence-corrected chi connectivity index (χ2v) is 6.06. The lowest BCUT2D eigenvalue weighted by molar-refractivity contribution is -0.725. The normalized spacial score (nSPS) is 17.8. The van der Waals surface area contributed by atoms with Gasteiger partial charge in [0.15, 0.2) is 0 Å². The van der Waals surface area contributed by atoms with E-state index >= 15 is 0 Å². The molecule has 0 aromatic carbocycles. The summed E-state index contributed by atoms with van der Waals surface area (Å²) in [5.41, 5.74) is -0.333. The largest absolute Gasteiger partial charge is 0.569 e. The molecule has 1 heterocycles. The van der Waals surface area contributed by atoms with Gasteiger partial charge in [0.2, 0.25) is 11.2 Å². The average Bonchev–Trinajstić information content (AvgIpc) is 2.44. The molecule has 1 saturated heterocycles. The maximum absolute atomic E-state index is 11.9. The van der Waals surface area contributed by atoms with Gasteiger partial charge in [0, 0.05) is 25.9 Å². The lowest BCUT2D eigenvalue weighted by Gasteiger charge is -2.31. The molecule has 8 nitrogen and oxygen atoms in total. The van der Waals surface area contributed by atoms with Crippen LogP contribution in [0.5, 0.6) is 0 Å². The highest BCUT2D eigenvalue weighted by atomic mass is 16.7. The van der Waals surface area contributed by atoms with E-state index in [1.54, 1.807) is 9.91 Å². The molecular formula is C13H26N4O4. The van der Waals surface area contributed by atoms with E-state index in [9.17, 15) is 10.0 Å². The molecule has 1 aliphatic rings. The zero-order valence-electron chi connectivity index (χ0n) is 13.3. The molecule has 0 aliphatic carbocycles. The molecule has 1 aliphatic heterocycles. The predicted molar refractivity (Wildman–Crippen MR) is 76.0 cm³/mol. The van der Waals surface area contributed by atoms with Crippen molar-refractivity contribution in [2.75, 3.05) is 26.2 Å². The van der Waals surface area contributed by atoms with Crippen LogP contribution in [-0.2, 0) is 9.63 Å². The Morgan fingerprint density at radius 3 is 2.48 bits per heavy atom. The molecule has 0 aromatic rings. The van der Waals surface area contributed by atoms with Crippen molar-refractivity contribution in [1.29, 1.82) is 0 Å². The van der Waals surface area contributed by atoms with Crippen LogP contribution in [0.3, 0.4) is 0 Å². The molecular weight excluding hydrogens is 276 g/mol. The number of aliphatic hydroxyl groups excluding tert-OH is 1. The molecule has 0 spiro atoms. The first-order chi connectivity index (χ1) is 9.79. The first kappa shape index (κ1) is 17.5. The highest BCUT2D eigenvalue weighted by Crippen LogP contribution is 2.16. The topological polar surface area (TPSA) is 91.4 Å². The standard InChI is InChI=1S/C13H26N4O4/c1-5-16(13(2,3)4)17(20)14-21-11-6-8-15(9-7-11)12(19)10-18/h11,18H,5-10H2,1-4H3/b17-14+. The number of piperidine rings is 1. The van der Waals surface area contributed by atoms with Crippen molar-refractivity contribution < 1.29 is 19.7 Å². The third-order valence-electron chi connectivity index (χ3n) is 3.48. The summed E-state index contributed by atoms with van der Waals surface area (Å²) >= 11 is 0. The van der Waals surface area contributed by atoms with Crippen molar-refractivity contribution >= 4 is 5.91 Å². The molecule has 0 bridgehead atoms. The van der Waals surface area contributed by atoms with Crippen molar-refractivity contribution in [3.8, 4) is 0 Å². The van der Waals surface area contributed by atoms with E-state index in [1.807, 2.05) is 27.7 Å². The number of hydrazine groups is 1. The van der Waals surface area contributed by atoms with E-state index in [1.165, 1.54) is 0 Å². The fourth-order valence-electron chi connectivity index (χ4n) is 2.31.